The third-order valence-corrected chi connectivity index (χ3v) is 2.99. The Morgan fingerprint density at radius 1 is 1.50 bits per heavy atom. The number of hydrogen-bond acceptors (Lipinski definition) is 4. The maximum absolute atomic E-state index is 5.82. The van der Waals surface area contributed by atoms with Crippen LogP contribution in [0.1, 0.15) is 6.42 Å². The second-order valence-electron chi connectivity index (χ2n) is 3.82. The molecule has 2 fully saturated rings. The van der Waals surface area contributed by atoms with Crippen LogP contribution in [0.5, 0.6) is 0 Å². The summed E-state index contributed by atoms with van der Waals surface area (Å²) >= 11 is 0. The molecule has 78 valence electrons. The summed E-state index contributed by atoms with van der Waals surface area (Å²) in [6, 6.07) is -0.405. The van der Waals surface area contributed by atoms with Crippen molar-refractivity contribution in [1.82, 2.24) is 0 Å². The van der Waals surface area contributed by atoms with Crippen molar-refractivity contribution < 1.29 is 18.9 Å². The molecule has 2 aliphatic heterocycles. The van der Waals surface area contributed by atoms with Crippen LogP contribution in [0.25, 0.3) is 0 Å². The van der Waals surface area contributed by atoms with Crippen molar-refractivity contribution in [2.24, 2.45) is 0 Å². The first-order valence-electron chi connectivity index (χ1n) is 4.80. The molecule has 0 aromatic carbocycles. The Labute approximate surface area is 85.3 Å². The molecule has 4 nitrogen and oxygen atoms in total. The smallest absolute Gasteiger partial charge is 0.122 e. The van der Waals surface area contributed by atoms with Crippen molar-refractivity contribution in [2.45, 2.75) is 30.2 Å². The second kappa shape index (κ2) is 3.81. The van der Waals surface area contributed by atoms with Crippen LogP contribution in [0.2, 0.25) is 0 Å². The molecule has 2 rings (SSSR count). The Kier molecular flexibility index (Phi) is 2.84. The van der Waals surface area contributed by atoms with Gasteiger partial charge in [0, 0.05) is 26.6 Å². The molecular weight excluding hydrogens is 183 g/mol. The van der Waals surface area contributed by atoms with Crippen LogP contribution in [0.4, 0.5) is 0 Å². The van der Waals surface area contributed by atoms with Gasteiger partial charge in [0.2, 0.25) is 0 Å². The molecule has 0 spiro atoms. The van der Waals surface area contributed by atoms with Crippen LogP contribution in [0, 0.1) is 0 Å². The van der Waals surface area contributed by atoms with Crippen molar-refractivity contribution in [3.05, 3.63) is 0 Å². The molecule has 5 heteroatoms. The van der Waals surface area contributed by atoms with Gasteiger partial charge in [0.05, 0.1) is 13.2 Å². The Morgan fingerprint density at radius 3 is 2.93 bits per heavy atom. The van der Waals surface area contributed by atoms with E-state index in [1.54, 1.807) is 14.2 Å². The summed E-state index contributed by atoms with van der Waals surface area (Å²) in [5, 5.41) is 0. The van der Waals surface area contributed by atoms with Crippen LogP contribution in [-0.4, -0.2) is 59.1 Å². The van der Waals surface area contributed by atoms with E-state index in [1.807, 2.05) is 0 Å². The number of fused-ring (bicyclic) bond motifs is 2. The molecule has 0 saturated carbocycles. The van der Waals surface area contributed by atoms with Gasteiger partial charge in [-0.1, -0.05) is 0 Å². The van der Waals surface area contributed by atoms with Crippen molar-refractivity contribution in [2.75, 3.05) is 27.4 Å². The van der Waals surface area contributed by atoms with Gasteiger partial charge in [0.1, 0.15) is 25.7 Å². The zero-order valence-corrected chi connectivity index (χ0v) is 8.56. The summed E-state index contributed by atoms with van der Waals surface area (Å²) in [6.45, 7) is 1.15. The zero-order valence-electron chi connectivity index (χ0n) is 8.56. The maximum atomic E-state index is 5.82. The topological polar surface area (TPSA) is 36.9 Å². The fourth-order valence-electron chi connectivity index (χ4n) is 2.41. The summed E-state index contributed by atoms with van der Waals surface area (Å²) in [5.74, 6) is 0. The molecule has 14 heavy (non-hydrogen) atoms. The quantitative estimate of drug-likeness (QED) is 0.583. The molecule has 4 atom stereocenters. The molecule has 2 radical (unpaired) electrons. The van der Waals surface area contributed by atoms with Crippen molar-refractivity contribution >= 4 is 7.85 Å². The number of ether oxygens (including phenoxy) is 4. The van der Waals surface area contributed by atoms with E-state index in [9.17, 15) is 0 Å². The molecule has 0 aliphatic carbocycles. The lowest BCUT2D eigenvalue weighted by Gasteiger charge is -2.37. The molecule has 0 amide bonds. The van der Waals surface area contributed by atoms with Gasteiger partial charge in [-0.2, -0.15) is 0 Å². The molecule has 0 aromatic rings. The van der Waals surface area contributed by atoms with Gasteiger partial charge in [-0.05, 0) is 0 Å². The fourth-order valence-corrected chi connectivity index (χ4v) is 2.41. The predicted molar refractivity (Wildman–Crippen MR) is 50.4 cm³/mol. The molecule has 0 N–H and O–H groups in total. The average molecular weight is 198 g/mol. The first kappa shape index (κ1) is 10.4. The summed E-state index contributed by atoms with van der Waals surface area (Å²) in [5.41, 5.74) is -0.411. The summed E-state index contributed by atoms with van der Waals surface area (Å²) < 4.78 is 21.8. The minimum Gasteiger partial charge on any atom is -0.382 e. The van der Waals surface area contributed by atoms with E-state index in [4.69, 9.17) is 26.8 Å². The molecule has 2 aliphatic rings. The SMILES string of the molecule is [B][C@H]1O[C@]2(COC)CCO[C@H]1[C@H]2OC. The average Bonchev–Trinajstić information content (AvgIpc) is 2.30. The normalized spacial score (nSPS) is 46.9. The van der Waals surface area contributed by atoms with Gasteiger partial charge >= 0.3 is 0 Å². The standard InChI is InChI=1S/C9H15BO4/c1-11-5-9-3-4-13-6(7(9)12-2)8(10)14-9/h6-8H,3-5H2,1-2H3/t6-,7+,8-,9-/m0/s1. The van der Waals surface area contributed by atoms with Crippen LogP contribution < -0.4 is 0 Å². The van der Waals surface area contributed by atoms with Gasteiger partial charge in [-0.25, -0.2) is 0 Å². The van der Waals surface area contributed by atoms with E-state index >= 15 is 0 Å². The van der Waals surface area contributed by atoms with Gasteiger partial charge in [-0.3, -0.25) is 0 Å². The lowest BCUT2D eigenvalue weighted by Crippen LogP contribution is -2.52. The fraction of sp³-hybridized carbons (Fsp3) is 1.00. The third-order valence-electron chi connectivity index (χ3n) is 2.99. The van der Waals surface area contributed by atoms with Gasteiger partial charge in [0.15, 0.2) is 0 Å². The van der Waals surface area contributed by atoms with E-state index in [1.165, 1.54) is 0 Å². The van der Waals surface area contributed by atoms with Crippen LogP contribution >= 0.6 is 0 Å². The van der Waals surface area contributed by atoms with Crippen molar-refractivity contribution in [1.29, 1.82) is 0 Å². The molecule has 0 unspecified atom stereocenters. The lowest BCUT2D eigenvalue weighted by molar-refractivity contribution is -0.155. The van der Waals surface area contributed by atoms with Gasteiger partial charge in [-0.15, -0.1) is 0 Å². The summed E-state index contributed by atoms with van der Waals surface area (Å²) in [4.78, 5) is 0. The van der Waals surface area contributed by atoms with Crippen molar-refractivity contribution in [3.63, 3.8) is 0 Å². The molecule has 2 saturated heterocycles. The number of methoxy groups -OCH3 is 2. The number of rotatable bonds is 3. The monoisotopic (exact) mass is 198 g/mol. The Hall–Kier alpha value is -0.0951. The highest BCUT2D eigenvalue weighted by Gasteiger charge is 2.56. The molecular formula is C9H15BO4. The van der Waals surface area contributed by atoms with Gasteiger partial charge in [0.25, 0.3) is 0 Å². The lowest BCUT2D eigenvalue weighted by atomic mass is 9.86. The van der Waals surface area contributed by atoms with E-state index in [-0.39, 0.29) is 12.2 Å². The number of hydrogen-bond donors (Lipinski definition) is 0. The molecule has 2 bridgehead atoms. The maximum Gasteiger partial charge on any atom is 0.122 e. The Balaban J connectivity index is 2.20. The zero-order chi connectivity index (χ0) is 10.2. The summed E-state index contributed by atoms with van der Waals surface area (Å²) in [6.07, 6.45) is 0.485. The van der Waals surface area contributed by atoms with Crippen LogP contribution in [-0.2, 0) is 18.9 Å². The van der Waals surface area contributed by atoms with Crippen molar-refractivity contribution in [3.8, 4) is 0 Å². The van der Waals surface area contributed by atoms with E-state index in [0.717, 1.165) is 6.42 Å². The van der Waals surface area contributed by atoms with E-state index in [2.05, 4.69) is 0 Å². The first-order chi connectivity index (χ1) is 6.73. The second-order valence-corrected chi connectivity index (χ2v) is 3.82. The highest BCUT2D eigenvalue weighted by Crippen LogP contribution is 2.40. The van der Waals surface area contributed by atoms with Crippen LogP contribution in [0.3, 0.4) is 0 Å². The largest absolute Gasteiger partial charge is 0.382 e. The minimum absolute atomic E-state index is 0.119. The third kappa shape index (κ3) is 1.39. The van der Waals surface area contributed by atoms with E-state index < -0.39 is 11.6 Å². The van der Waals surface area contributed by atoms with E-state index in [0.29, 0.717) is 13.2 Å². The highest BCUT2D eigenvalue weighted by molar-refractivity contribution is 6.11. The molecule has 0 aromatic heterocycles. The molecule has 2 heterocycles. The summed E-state index contributed by atoms with van der Waals surface area (Å²) in [7, 11) is 9.12. The first-order valence-corrected chi connectivity index (χ1v) is 4.80. The highest BCUT2D eigenvalue weighted by atomic mass is 16.6. The predicted octanol–water partition coefficient (Wildman–Crippen LogP) is -0.300. The minimum atomic E-state index is -0.411. The van der Waals surface area contributed by atoms with Gasteiger partial charge < -0.3 is 18.9 Å². The Bertz CT molecular complexity index is 209. The Morgan fingerprint density at radius 2 is 2.29 bits per heavy atom. The van der Waals surface area contributed by atoms with Crippen LogP contribution in [0.15, 0.2) is 0 Å².